The first kappa shape index (κ1) is 19.1. The minimum atomic E-state index is -3.49. The van der Waals surface area contributed by atoms with Crippen LogP contribution in [-0.2, 0) is 34.5 Å². The van der Waals surface area contributed by atoms with E-state index in [2.05, 4.69) is 14.6 Å². The van der Waals surface area contributed by atoms with Crippen LogP contribution in [0.1, 0.15) is 31.3 Å². The minimum Gasteiger partial charge on any atom is -0.377 e. The van der Waals surface area contributed by atoms with Gasteiger partial charge in [-0.15, -0.1) is 0 Å². The highest BCUT2D eigenvalue weighted by atomic mass is 32.2. The van der Waals surface area contributed by atoms with Gasteiger partial charge in [-0.3, -0.25) is 4.68 Å². The van der Waals surface area contributed by atoms with E-state index in [1.54, 1.807) is 22.3 Å². The van der Waals surface area contributed by atoms with Crippen LogP contribution >= 0.6 is 0 Å². The van der Waals surface area contributed by atoms with E-state index >= 15 is 0 Å². The largest absolute Gasteiger partial charge is 0.377 e. The Balaban J connectivity index is 1.74. The number of imidazole rings is 1. The average Bonchev–Trinajstić information content (AvgIpc) is 3.25. The van der Waals surface area contributed by atoms with Crippen LogP contribution in [0.4, 0.5) is 0 Å². The van der Waals surface area contributed by atoms with Crippen molar-refractivity contribution in [2.45, 2.75) is 51.3 Å². The van der Waals surface area contributed by atoms with Gasteiger partial charge in [0.15, 0.2) is 0 Å². The fourth-order valence-corrected chi connectivity index (χ4v) is 4.97. The van der Waals surface area contributed by atoms with E-state index in [1.807, 2.05) is 20.0 Å². The molecule has 1 aliphatic heterocycles. The maximum atomic E-state index is 12.9. The Labute approximate surface area is 154 Å². The molecule has 0 spiro atoms. The van der Waals surface area contributed by atoms with Crippen molar-refractivity contribution in [2.75, 3.05) is 20.2 Å². The second kappa shape index (κ2) is 7.89. The molecule has 1 unspecified atom stereocenters. The summed E-state index contributed by atoms with van der Waals surface area (Å²) in [6.07, 6.45) is 6.75. The highest BCUT2D eigenvalue weighted by Gasteiger charge is 2.31. The van der Waals surface area contributed by atoms with Crippen molar-refractivity contribution in [3.63, 3.8) is 0 Å². The number of methoxy groups -OCH3 is 1. The normalized spacial score (nSPS) is 19.1. The molecule has 0 saturated carbocycles. The second-order valence-electron chi connectivity index (χ2n) is 6.76. The molecule has 1 saturated heterocycles. The molecule has 2 aromatic heterocycles. The zero-order valence-electron chi connectivity index (χ0n) is 15.6. The van der Waals surface area contributed by atoms with Crippen molar-refractivity contribution in [3.05, 3.63) is 30.1 Å². The smallest absolute Gasteiger partial charge is 0.246 e. The van der Waals surface area contributed by atoms with E-state index in [0.717, 1.165) is 30.9 Å². The first-order valence-electron chi connectivity index (χ1n) is 8.98. The summed E-state index contributed by atoms with van der Waals surface area (Å²) in [5.74, 6) is 1.14. The fourth-order valence-electron chi connectivity index (χ4n) is 3.46. The number of hydrogen-bond donors (Lipinski definition) is 0. The van der Waals surface area contributed by atoms with E-state index in [0.29, 0.717) is 26.2 Å². The van der Waals surface area contributed by atoms with E-state index in [1.165, 1.54) is 6.20 Å². The van der Waals surface area contributed by atoms with E-state index in [9.17, 15) is 8.42 Å². The average molecular weight is 382 g/mol. The molecular weight excluding hydrogens is 354 g/mol. The Morgan fingerprint density at radius 1 is 1.35 bits per heavy atom. The predicted octanol–water partition coefficient (Wildman–Crippen LogP) is 1.66. The summed E-state index contributed by atoms with van der Waals surface area (Å²) >= 11 is 0. The van der Waals surface area contributed by atoms with E-state index < -0.39 is 10.0 Å². The zero-order valence-corrected chi connectivity index (χ0v) is 16.4. The summed E-state index contributed by atoms with van der Waals surface area (Å²) in [6.45, 7) is 6.89. The van der Waals surface area contributed by atoms with Crippen molar-refractivity contribution < 1.29 is 13.2 Å². The quantitative estimate of drug-likeness (QED) is 0.728. The Kier molecular flexibility index (Phi) is 5.79. The molecule has 0 radical (unpaired) electrons. The third kappa shape index (κ3) is 3.84. The van der Waals surface area contributed by atoms with Crippen LogP contribution in [0.25, 0.3) is 0 Å². The van der Waals surface area contributed by atoms with Crippen molar-refractivity contribution in [3.8, 4) is 0 Å². The molecule has 144 valence electrons. The Morgan fingerprint density at radius 3 is 2.85 bits per heavy atom. The molecule has 8 nitrogen and oxygen atoms in total. The molecule has 3 rings (SSSR count). The molecule has 0 bridgehead atoms. The van der Waals surface area contributed by atoms with Gasteiger partial charge in [0.2, 0.25) is 10.0 Å². The summed E-state index contributed by atoms with van der Waals surface area (Å²) < 4.78 is 36.5. The molecule has 1 aliphatic rings. The number of aryl methyl sites for hydroxylation is 2. The molecule has 3 heterocycles. The van der Waals surface area contributed by atoms with Crippen molar-refractivity contribution >= 4 is 10.0 Å². The number of hydrogen-bond acceptors (Lipinski definition) is 5. The van der Waals surface area contributed by atoms with Gasteiger partial charge >= 0.3 is 0 Å². The Bertz CT molecular complexity index is 842. The Morgan fingerprint density at radius 2 is 2.15 bits per heavy atom. The van der Waals surface area contributed by atoms with Crippen LogP contribution in [0.2, 0.25) is 0 Å². The lowest BCUT2D eigenvalue weighted by atomic mass is 9.99. The standard InChI is InChI=1S/C17H27N5O3S/c1-4-20-12-16(9-19-20)26(23,24)21-7-5-6-15(10-21)11-22-14(2)8-18-17(22)13-25-3/h8-9,12,15H,4-7,10-11,13H2,1-3H3. The van der Waals surface area contributed by atoms with Crippen molar-refractivity contribution in [1.82, 2.24) is 23.6 Å². The Hall–Kier alpha value is -1.71. The molecule has 26 heavy (non-hydrogen) atoms. The van der Waals surface area contributed by atoms with Gasteiger partial charge in [-0.2, -0.15) is 9.40 Å². The van der Waals surface area contributed by atoms with Crippen LogP contribution in [0, 0.1) is 12.8 Å². The number of aromatic nitrogens is 4. The lowest BCUT2D eigenvalue weighted by Gasteiger charge is -2.32. The van der Waals surface area contributed by atoms with Gasteiger partial charge in [-0.25, -0.2) is 13.4 Å². The van der Waals surface area contributed by atoms with Gasteiger partial charge in [-0.1, -0.05) is 0 Å². The van der Waals surface area contributed by atoms with Gasteiger partial charge in [0.1, 0.15) is 17.3 Å². The summed E-state index contributed by atoms with van der Waals surface area (Å²) in [6, 6.07) is 0. The van der Waals surface area contributed by atoms with Crippen molar-refractivity contribution in [2.24, 2.45) is 5.92 Å². The summed E-state index contributed by atoms with van der Waals surface area (Å²) in [5.41, 5.74) is 1.07. The first-order valence-corrected chi connectivity index (χ1v) is 10.4. The molecular formula is C17H27N5O3S. The predicted molar refractivity (Wildman–Crippen MR) is 97.1 cm³/mol. The molecule has 1 fully saturated rings. The maximum absolute atomic E-state index is 12.9. The lowest BCUT2D eigenvalue weighted by molar-refractivity contribution is 0.169. The van der Waals surface area contributed by atoms with Gasteiger partial charge < -0.3 is 9.30 Å². The first-order chi connectivity index (χ1) is 12.5. The third-order valence-corrected chi connectivity index (χ3v) is 6.72. The maximum Gasteiger partial charge on any atom is 0.246 e. The van der Waals surface area contributed by atoms with Gasteiger partial charge in [0.05, 0.1) is 6.20 Å². The van der Waals surface area contributed by atoms with Gasteiger partial charge in [0, 0.05) is 51.4 Å². The summed E-state index contributed by atoms with van der Waals surface area (Å²) in [4.78, 5) is 4.67. The van der Waals surface area contributed by atoms with Crippen LogP contribution in [0.3, 0.4) is 0 Å². The lowest BCUT2D eigenvalue weighted by Crippen LogP contribution is -2.41. The zero-order chi connectivity index (χ0) is 18.7. The highest BCUT2D eigenvalue weighted by Crippen LogP contribution is 2.25. The molecule has 2 aromatic rings. The number of rotatable bonds is 7. The molecule has 1 atom stereocenters. The summed E-state index contributed by atoms with van der Waals surface area (Å²) in [7, 11) is -1.84. The number of sulfonamides is 1. The molecule has 0 aromatic carbocycles. The monoisotopic (exact) mass is 381 g/mol. The number of ether oxygens (including phenoxy) is 1. The highest BCUT2D eigenvalue weighted by molar-refractivity contribution is 7.89. The van der Waals surface area contributed by atoms with Crippen LogP contribution in [0.5, 0.6) is 0 Å². The fraction of sp³-hybridized carbons (Fsp3) is 0.647. The van der Waals surface area contributed by atoms with Crippen LogP contribution < -0.4 is 0 Å². The van der Waals surface area contributed by atoms with Gasteiger partial charge in [-0.05, 0) is 32.6 Å². The molecule has 0 aliphatic carbocycles. The molecule has 0 N–H and O–H groups in total. The van der Waals surface area contributed by atoms with Crippen molar-refractivity contribution in [1.29, 1.82) is 0 Å². The van der Waals surface area contributed by atoms with E-state index in [-0.39, 0.29) is 10.8 Å². The van der Waals surface area contributed by atoms with Crippen LogP contribution in [-0.4, -0.2) is 52.3 Å². The summed E-state index contributed by atoms with van der Waals surface area (Å²) in [5, 5.41) is 4.10. The SMILES string of the molecule is CCn1cc(S(=O)(=O)N2CCCC(Cn3c(C)cnc3COC)C2)cn1. The topological polar surface area (TPSA) is 82.2 Å². The number of nitrogens with zero attached hydrogens (tertiary/aromatic N) is 5. The van der Waals surface area contributed by atoms with Crippen LogP contribution in [0.15, 0.2) is 23.5 Å². The third-order valence-electron chi connectivity index (χ3n) is 4.90. The van der Waals surface area contributed by atoms with E-state index in [4.69, 9.17) is 4.74 Å². The molecule has 9 heteroatoms. The molecule has 0 amide bonds. The second-order valence-corrected chi connectivity index (χ2v) is 8.70. The minimum absolute atomic E-state index is 0.253. The number of piperidine rings is 1. The van der Waals surface area contributed by atoms with Gasteiger partial charge in [0.25, 0.3) is 0 Å².